The molecule has 3 atom stereocenters. The molecule has 0 saturated carbocycles. The van der Waals surface area contributed by atoms with E-state index in [-0.39, 0.29) is 6.04 Å². The molecule has 3 aromatic rings. The largest absolute Gasteiger partial charge is 0.481 e. The van der Waals surface area contributed by atoms with Crippen LogP contribution in [-0.4, -0.2) is 22.3 Å². The second-order valence-electron chi connectivity index (χ2n) is 8.59. The van der Waals surface area contributed by atoms with Crippen molar-refractivity contribution in [2.45, 2.75) is 51.7 Å². The molecule has 0 fully saturated rings. The monoisotopic (exact) mass is 405 g/mol. The second-order valence-corrected chi connectivity index (χ2v) is 8.59. The lowest BCUT2D eigenvalue weighted by atomic mass is 9.97. The van der Waals surface area contributed by atoms with Gasteiger partial charge in [-0.25, -0.2) is 0 Å². The topological polar surface area (TPSA) is 83.5 Å². The molecular formula is C26H31NO3. The van der Waals surface area contributed by atoms with Gasteiger partial charge in [-0.2, -0.15) is 0 Å². The molecule has 0 aliphatic heterocycles. The number of hydrogen-bond acceptors (Lipinski definition) is 3. The van der Waals surface area contributed by atoms with Crippen LogP contribution in [0.5, 0.6) is 0 Å². The van der Waals surface area contributed by atoms with Gasteiger partial charge in [0.15, 0.2) is 0 Å². The zero-order valence-electron chi connectivity index (χ0n) is 17.9. The van der Waals surface area contributed by atoms with Crippen LogP contribution >= 0.6 is 0 Å². The van der Waals surface area contributed by atoms with E-state index in [0.717, 1.165) is 17.5 Å². The zero-order valence-corrected chi connectivity index (χ0v) is 17.9. The number of fused-ring (bicyclic) bond motifs is 2. The predicted octanol–water partition coefficient (Wildman–Crippen LogP) is 4.83. The number of nitrogens with two attached hydrogens (primary N) is 1. The number of benzene rings is 3. The van der Waals surface area contributed by atoms with Gasteiger partial charge in [0.2, 0.25) is 0 Å². The van der Waals surface area contributed by atoms with E-state index in [1.165, 1.54) is 21.9 Å². The van der Waals surface area contributed by atoms with Crippen LogP contribution in [0, 0.1) is 5.92 Å². The van der Waals surface area contributed by atoms with E-state index >= 15 is 0 Å². The summed E-state index contributed by atoms with van der Waals surface area (Å²) in [6.45, 7) is 6.06. The van der Waals surface area contributed by atoms with Crippen molar-refractivity contribution in [3.05, 3.63) is 82.9 Å². The Morgan fingerprint density at radius 2 is 1.63 bits per heavy atom. The fraction of sp³-hybridized carbons (Fsp3) is 0.346. The van der Waals surface area contributed by atoms with Gasteiger partial charge < -0.3 is 15.9 Å². The Balaban J connectivity index is 0.000000171. The highest BCUT2D eigenvalue weighted by molar-refractivity contribution is 5.84. The van der Waals surface area contributed by atoms with E-state index in [4.69, 9.17) is 10.8 Å². The van der Waals surface area contributed by atoms with E-state index < -0.39 is 18.0 Å². The lowest BCUT2D eigenvalue weighted by Gasteiger charge is -2.09. The van der Waals surface area contributed by atoms with E-state index in [0.29, 0.717) is 12.3 Å². The van der Waals surface area contributed by atoms with Crippen LogP contribution in [0.25, 0.3) is 10.8 Å². The Labute approximate surface area is 178 Å². The number of aliphatic hydroxyl groups excluding tert-OH is 1. The number of hydrogen-bond donors (Lipinski definition) is 3. The van der Waals surface area contributed by atoms with Crippen LogP contribution in [-0.2, 0) is 17.6 Å². The molecule has 0 heterocycles. The van der Waals surface area contributed by atoms with Crippen molar-refractivity contribution < 1.29 is 15.0 Å². The SMILES string of the molecule is CC(C)Cc1ccc([C@H](C)C(=O)O)cc1.N[C@@H]1c2cc3ccccc3cc2C[C@@H]1O. The van der Waals surface area contributed by atoms with Crippen LogP contribution < -0.4 is 5.73 Å². The van der Waals surface area contributed by atoms with Gasteiger partial charge >= 0.3 is 5.97 Å². The van der Waals surface area contributed by atoms with Crippen molar-refractivity contribution >= 4 is 16.7 Å². The maximum Gasteiger partial charge on any atom is 0.310 e. The standard InChI is InChI=1S/C13H13NO.C13H18O2/c14-13-11-6-9-4-2-1-3-8(9)5-10(11)7-12(13)15;1-9(2)8-11-4-6-12(7-5-11)10(3)13(14)15/h1-6,12-13,15H,7,14H2;4-7,9-10H,8H2,1-3H3,(H,14,15)/t12-,13+;10-/m00/s1. The summed E-state index contributed by atoms with van der Waals surface area (Å²) < 4.78 is 0. The predicted molar refractivity (Wildman–Crippen MR) is 122 cm³/mol. The number of carbonyl (C=O) groups is 1. The molecule has 4 heteroatoms. The first-order valence-electron chi connectivity index (χ1n) is 10.5. The number of carboxylic acid groups (broad SMARTS) is 1. The van der Waals surface area contributed by atoms with E-state index in [1.54, 1.807) is 6.92 Å². The molecular weight excluding hydrogens is 374 g/mol. The lowest BCUT2D eigenvalue weighted by molar-refractivity contribution is -0.138. The molecule has 4 rings (SSSR count). The minimum absolute atomic E-state index is 0.218. The summed E-state index contributed by atoms with van der Waals surface area (Å²) in [5.41, 5.74) is 10.4. The third kappa shape index (κ3) is 5.07. The van der Waals surface area contributed by atoms with Crippen molar-refractivity contribution in [3.63, 3.8) is 0 Å². The highest BCUT2D eigenvalue weighted by Crippen LogP contribution is 2.32. The van der Waals surface area contributed by atoms with Crippen molar-refractivity contribution in [3.8, 4) is 0 Å². The summed E-state index contributed by atoms with van der Waals surface area (Å²) in [5, 5.41) is 21.0. The highest BCUT2D eigenvalue weighted by atomic mass is 16.4. The molecule has 0 radical (unpaired) electrons. The lowest BCUT2D eigenvalue weighted by Crippen LogP contribution is -2.21. The summed E-state index contributed by atoms with van der Waals surface area (Å²) in [6, 6.07) is 20.1. The first-order valence-corrected chi connectivity index (χ1v) is 10.5. The van der Waals surface area contributed by atoms with Gasteiger partial charge in [0, 0.05) is 6.42 Å². The van der Waals surface area contributed by atoms with Gasteiger partial charge in [0.05, 0.1) is 18.1 Å². The zero-order chi connectivity index (χ0) is 21.8. The molecule has 158 valence electrons. The molecule has 30 heavy (non-hydrogen) atoms. The van der Waals surface area contributed by atoms with Gasteiger partial charge in [-0.05, 0) is 58.4 Å². The van der Waals surface area contributed by atoms with Crippen LogP contribution in [0.15, 0.2) is 60.7 Å². The summed E-state index contributed by atoms with van der Waals surface area (Å²) >= 11 is 0. The van der Waals surface area contributed by atoms with Crippen LogP contribution in [0.3, 0.4) is 0 Å². The second kappa shape index (κ2) is 9.41. The molecule has 1 aliphatic carbocycles. The first-order chi connectivity index (χ1) is 14.3. The maximum absolute atomic E-state index is 10.8. The van der Waals surface area contributed by atoms with E-state index in [9.17, 15) is 9.90 Å². The van der Waals surface area contributed by atoms with E-state index in [2.05, 4.69) is 38.1 Å². The van der Waals surface area contributed by atoms with Gasteiger partial charge in [-0.15, -0.1) is 0 Å². The third-order valence-corrected chi connectivity index (χ3v) is 5.70. The minimum atomic E-state index is -0.772. The summed E-state index contributed by atoms with van der Waals surface area (Å²) in [6.07, 6.45) is 1.31. The van der Waals surface area contributed by atoms with Crippen LogP contribution in [0.2, 0.25) is 0 Å². The van der Waals surface area contributed by atoms with Crippen molar-refractivity contribution in [2.75, 3.05) is 0 Å². The van der Waals surface area contributed by atoms with Gasteiger partial charge in [-0.3, -0.25) is 4.79 Å². The van der Waals surface area contributed by atoms with Gasteiger partial charge in [-0.1, -0.05) is 68.4 Å². The van der Waals surface area contributed by atoms with Gasteiger partial charge in [0.1, 0.15) is 0 Å². The average Bonchev–Trinajstić information content (AvgIpc) is 2.99. The number of aliphatic hydroxyl groups is 1. The van der Waals surface area contributed by atoms with Crippen LogP contribution in [0.1, 0.15) is 55.0 Å². The molecule has 0 spiro atoms. The molecule has 1 aliphatic rings. The third-order valence-electron chi connectivity index (χ3n) is 5.70. The Hall–Kier alpha value is -2.69. The Bertz CT molecular complexity index is 1010. The molecule has 4 N–H and O–H groups in total. The molecule has 0 aromatic heterocycles. The summed E-state index contributed by atoms with van der Waals surface area (Å²) in [7, 11) is 0. The Morgan fingerprint density at radius 1 is 1.03 bits per heavy atom. The molecule has 0 bridgehead atoms. The smallest absolute Gasteiger partial charge is 0.310 e. The van der Waals surface area contributed by atoms with Crippen LogP contribution in [0.4, 0.5) is 0 Å². The molecule has 3 aromatic carbocycles. The normalized spacial score (nSPS) is 18.6. The fourth-order valence-electron chi connectivity index (χ4n) is 3.91. The van der Waals surface area contributed by atoms with Crippen molar-refractivity contribution in [1.82, 2.24) is 0 Å². The highest BCUT2D eigenvalue weighted by Gasteiger charge is 2.27. The van der Waals surface area contributed by atoms with Crippen molar-refractivity contribution in [2.24, 2.45) is 11.7 Å². The fourth-order valence-corrected chi connectivity index (χ4v) is 3.91. The first kappa shape index (κ1) is 22.0. The Kier molecular flexibility index (Phi) is 6.91. The Morgan fingerprint density at radius 3 is 2.20 bits per heavy atom. The van der Waals surface area contributed by atoms with Gasteiger partial charge in [0.25, 0.3) is 0 Å². The van der Waals surface area contributed by atoms with E-state index in [1.807, 2.05) is 36.4 Å². The molecule has 0 saturated heterocycles. The number of rotatable bonds is 4. The summed E-state index contributed by atoms with van der Waals surface area (Å²) in [4.78, 5) is 10.8. The minimum Gasteiger partial charge on any atom is -0.481 e. The molecule has 4 nitrogen and oxygen atoms in total. The number of carboxylic acids is 1. The average molecular weight is 406 g/mol. The maximum atomic E-state index is 10.8. The van der Waals surface area contributed by atoms with Crippen molar-refractivity contribution in [1.29, 1.82) is 0 Å². The summed E-state index contributed by atoms with van der Waals surface area (Å²) in [5.74, 6) is -0.558. The molecule has 0 unspecified atom stereocenters. The quantitative estimate of drug-likeness (QED) is 0.580. The number of aliphatic carboxylic acids is 1. The molecule has 0 amide bonds.